The zero-order chi connectivity index (χ0) is 23.2. The van der Waals surface area contributed by atoms with E-state index in [-0.39, 0.29) is 0 Å². The van der Waals surface area contributed by atoms with Gasteiger partial charge in [0.15, 0.2) is 11.2 Å². The molecule has 10 nitrogen and oxygen atoms in total. The molecule has 33 heavy (non-hydrogen) atoms. The first-order valence-corrected chi connectivity index (χ1v) is 12.0. The van der Waals surface area contributed by atoms with E-state index in [1.807, 2.05) is 12.1 Å². The Morgan fingerprint density at radius 2 is 2.18 bits per heavy atom. The van der Waals surface area contributed by atoms with Gasteiger partial charge in [-0.3, -0.25) is 0 Å². The molecule has 0 amide bonds. The minimum atomic E-state index is -0.992. The van der Waals surface area contributed by atoms with Gasteiger partial charge >= 0.3 is 5.97 Å². The lowest BCUT2D eigenvalue weighted by Crippen LogP contribution is -2.50. The summed E-state index contributed by atoms with van der Waals surface area (Å²) in [6, 6.07) is 4.62. The summed E-state index contributed by atoms with van der Waals surface area (Å²) in [5, 5.41) is 33.5. The van der Waals surface area contributed by atoms with Gasteiger partial charge in [0.05, 0.1) is 22.2 Å². The molecule has 2 aliphatic rings. The number of carboxylic acids is 1. The summed E-state index contributed by atoms with van der Waals surface area (Å²) < 4.78 is 6.36. The third-order valence-electron chi connectivity index (χ3n) is 6.28. The lowest BCUT2D eigenvalue weighted by molar-refractivity contribution is -0.141. The number of aromatic nitrogens is 5. The quantitative estimate of drug-likeness (QED) is 0.553. The highest BCUT2D eigenvalue weighted by Crippen LogP contribution is 2.47. The summed E-state index contributed by atoms with van der Waals surface area (Å²) in [5.74, 6) is 0.0277. The number of aliphatic hydroxyl groups excluding tert-OH is 1. The number of anilines is 1. The molecule has 1 fully saturated rings. The highest BCUT2D eigenvalue weighted by molar-refractivity contribution is 7.18. The van der Waals surface area contributed by atoms with Crippen LogP contribution in [0.5, 0.6) is 5.75 Å². The van der Waals surface area contributed by atoms with Crippen LogP contribution >= 0.6 is 22.9 Å². The van der Waals surface area contributed by atoms with Crippen molar-refractivity contribution >= 4 is 34.0 Å². The van der Waals surface area contributed by atoms with E-state index in [0.29, 0.717) is 35.0 Å². The molecule has 0 bridgehead atoms. The first-order chi connectivity index (χ1) is 15.9. The Morgan fingerprint density at radius 3 is 2.91 bits per heavy atom. The van der Waals surface area contributed by atoms with Gasteiger partial charge in [0, 0.05) is 37.9 Å². The second-order valence-electron chi connectivity index (χ2n) is 8.35. The lowest BCUT2D eigenvalue weighted by Gasteiger charge is -2.46. The molecule has 0 saturated carbocycles. The second-order valence-corrected chi connectivity index (χ2v) is 9.76. The Hall–Kier alpha value is -2.76. The molecule has 0 aliphatic carbocycles. The predicted molar refractivity (Wildman–Crippen MR) is 122 cm³/mol. The number of piperidine rings is 1. The summed E-state index contributed by atoms with van der Waals surface area (Å²) >= 11 is 7.70. The molecular formula is C21H23ClN6O4S. The topological polar surface area (TPSA) is 126 Å². The Labute approximate surface area is 198 Å². The number of benzene rings is 1. The van der Waals surface area contributed by atoms with E-state index < -0.39 is 23.7 Å². The van der Waals surface area contributed by atoms with Crippen LogP contribution in [-0.4, -0.2) is 60.1 Å². The van der Waals surface area contributed by atoms with Gasteiger partial charge in [-0.25, -0.2) is 9.78 Å². The third-order valence-corrected chi connectivity index (χ3v) is 7.66. The smallest absolute Gasteiger partial charge is 0.330 e. The number of tetrazole rings is 1. The van der Waals surface area contributed by atoms with E-state index in [1.54, 1.807) is 19.2 Å². The summed E-state index contributed by atoms with van der Waals surface area (Å²) in [6.45, 7) is 3.22. The van der Waals surface area contributed by atoms with Crippen LogP contribution in [0, 0.1) is 0 Å². The second kappa shape index (κ2) is 8.54. The van der Waals surface area contributed by atoms with Crippen LogP contribution < -0.4 is 9.64 Å². The van der Waals surface area contributed by atoms with E-state index in [1.165, 1.54) is 11.3 Å². The molecule has 174 valence electrons. The number of aliphatic carboxylic acids is 1. The van der Waals surface area contributed by atoms with Gasteiger partial charge < -0.3 is 19.8 Å². The number of carbonyl (C=O) groups is 1. The minimum Gasteiger partial charge on any atom is -0.487 e. The minimum absolute atomic E-state index is 0.360. The van der Waals surface area contributed by atoms with Gasteiger partial charge in [0.2, 0.25) is 5.82 Å². The van der Waals surface area contributed by atoms with E-state index in [2.05, 4.69) is 25.3 Å². The van der Waals surface area contributed by atoms with Gasteiger partial charge in [-0.2, -0.15) is 0 Å². The van der Waals surface area contributed by atoms with Gasteiger partial charge in [0.1, 0.15) is 11.4 Å². The van der Waals surface area contributed by atoms with Gasteiger partial charge in [-0.1, -0.05) is 35.9 Å². The highest BCUT2D eigenvalue weighted by atomic mass is 35.5. The van der Waals surface area contributed by atoms with Gasteiger partial charge in [0.25, 0.3) is 0 Å². The van der Waals surface area contributed by atoms with Crippen molar-refractivity contribution in [3.8, 4) is 16.5 Å². The number of nitrogens with zero attached hydrogens (tertiary/aromatic N) is 6. The number of fused-ring (bicyclic) bond motifs is 1. The first kappa shape index (κ1) is 22.1. The van der Waals surface area contributed by atoms with Crippen molar-refractivity contribution < 1.29 is 19.7 Å². The highest BCUT2D eigenvalue weighted by Gasteiger charge is 2.44. The summed E-state index contributed by atoms with van der Waals surface area (Å²) in [5.41, 5.74) is 0.245. The SMILES string of the molecule is CCC(C(=O)O)n1nnc(-c2cnc(N3CCC4(CC3)CC(O)c3c(Cl)cccc3O4)s2)n1. The lowest BCUT2D eigenvalue weighted by atomic mass is 9.82. The number of aliphatic hydroxyl groups is 1. The normalized spacial score (nSPS) is 20.3. The Balaban J connectivity index is 1.28. The maximum Gasteiger partial charge on any atom is 0.330 e. The zero-order valence-corrected chi connectivity index (χ0v) is 19.5. The van der Waals surface area contributed by atoms with E-state index in [9.17, 15) is 15.0 Å². The van der Waals surface area contributed by atoms with Crippen LogP contribution in [0.1, 0.15) is 50.3 Å². The van der Waals surface area contributed by atoms with E-state index >= 15 is 0 Å². The first-order valence-electron chi connectivity index (χ1n) is 10.8. The molecule has 12 heteroatoms. The average molecular weight is 491 g/mol. The molecule has 2 atom stereocenters. The van der Waals surface area contributed by atoms with Crippen molar-refractivity contribution in [3.63, 3.8) is 0 Å². The standard InChI is InChI=1S/C21H23ClN6O4S/c1-2-13(19(30)31)28-25-18(24-26-28)16-11-23-20(33-16)27-8-6-21(7-9-27)10-14(29)17-12(22)4-3-5-15(17)32-21/h3-5,11,13-14,29H,2,6-10H2,1H3,(H,30,31). The molecule has 2 aromatic heterocycles. The van der Waals surface area contributed by atoms with Crippen molar-refractivity contribution in [1.29, 1.82) is 0 Å². The molecule has 2 unspecified atom stereocenters. The molecule has 2 aliphatic heterocycles. The maximum absolute atomic E-state index is 11.3. The molecule has 1 aromatic carbocycles. The average Bonchev–Trinajstić information content (AvgIpc) is 3.44. The van der Waals surface area contributed by atoms with Crippen molar-refractivity contribution in [2.24, 2.45) is 0 Å². The number of thiazole rings is 1. The molecular weight excluding hydrogens is 468 g/mol. The molecule has 0 radical (unpaired) electrons. The van der Waals surface area contributed by atoms with E-state index in [0.717, 1.165) is 40.7 Å². The van der Waals surface area contributed by atoms with E-state index in [4.69, 9.17) is 16.3 Å². The molecule has 2 N–H and O–H groups in total. The summed E-state index contributed by atoms with van der Waals surface area (Å²) in [7, 11) is 0. The number of ether oxygens (including phenoxy) is 1. The Kier molecular flexibility index (Phi) is 5.71. The maximum atomic E-state index is 11.3. The fraction of sp³-hybridized carbons (Fsp3) is 0.476. The predicted octanol–water partition coefficient (Wildman–Crippen LogP) is 3.34. The number of hydrogen-bond donors (Lipinski definition) is 2. The van der Waals surface area contributed by atoms with Crippen LogP contribution in [0.15, 0.2) is 24.4 Å². The van der Waals surface area contributed by atoms with Crippen LogP contribution in [0.25, 0.3) is 10.7 Å². The number of hydrogen-bond acceptors (Lipinski definition) is 9. The molecule has 3 aromatic rings. The van der Waals surface area contributed by atoms with Crippen molar-refractivity contribution in [2.45, 2.75) is 50.4 Å². The van der Waals surface area contributed by atoms with Crippen molar-refractivity contribution in [2.75, 3.05) is 18.0 Å². The molecule has 1 spiro atoms. The largest absolute Gasteiger partial charge is 0.487 e. The van der Waals surface area contributed by atoms with Gasteiger partial charge in [-0.15, -0.1) is 15.0 Å². The fourth-order valence-corrected chi connectivity index (χ4v) is 5.66. The molecule has 4 heterocycles. The van der Waals surface area contributed by atoms with Crippen LogP contribution in [0.4, 0.5) is 5.13 Å². The summed E-state index contributed by atoms with van der Waals surface area (Å²) in [6.07, 6.45) is 3.41. The zero-order valence-electron chi connectivity index (χ0n) is 17.9. The van der Waals surface area contributed by atoms with Crippen molar-refractivity contribution in [3.05, 3.63) is 35.0 Å². The fourth-order valence-electron chi connectivity index (χ4n) is 4.48. The number of rotatable bonds is 5. The summed E-state index contributed by atoms with van der Waals surface area (Å²) in [4.78, 5) is 19.9. The number of carboxylic acid groups (broad SMARTS) is 1. The third kappa shape index (κ3) is 4.04. The monoisotopic (exact) mass is 490 g/mol. The Morgan fingerprint density at radius 1 is 1.39 bits per heavy atom. The van der Waals surface area contributed by atoms with Crippen LogP contribution in [0.3, 0.4) is 0 Å². The number of halogens is 1. The van der Waals surface area contributed by atoms with Crippen LogP contribution in [0.2, 0.25) is 5.02 Å². The Bertz CT molecular complexity index is 1180. The van der Waals surface area contributed by atoms with Crippen LogP contribution in [-0.2, 0) is 4.79 Å². The van der Waals surface area contributed by atoms with Crippen molar-refractivity contribution in [1.82, 2.24) is 25.2 Å². The van der Waals surface area contributed by atoms with Gasteiger partial charge in [-0.05, 0) is 23.8 Å². The molecule has 5 rings (SSSR count). The molecule has 1 saturated heterocycles.